The summed E-state index contributed by atoms with van der Waals surface area (Å²) in [6, 6.07) is 19.1. The molecule has 2 N–H and O–H groups in total. The lowest BCUT2D eigenvalue weighted by Crippen LogP contribution is -2.30. The lowest BCUT2D eigenvalue weighted by molar-refractivity contribution is 0.0951. The number of hydrogen-bond acceptors (Lipinski definition) is 3. The second kappa shape index (κ2) is 10.8. The standard InChI is InChI=1S/C32H31FN4O/c33-27-7-5-25(6-8-27)31-30(24-11-16-34-17-12-24)29(21-35-31)23-14-19-37(20-15-23)18-13-22-1-3-26(4-2-22)32(38)36-28-9-10-28/h1-8,11-12,14,16-17,21,28,35H,9-10,13,15,18-20H2,(H,36,38). The Bertz CT molecular complexity index is 1440. The largest absolute Gasteiger partial charge is 0.360 e. The SMILES string of the molecule is O=C(NC1CC1)c1ccc(CCN2CC=C(c3c[nH]c(-c4ccc(F)cc4)c3-c3ccncc3)CC2)cc1. The minimum atomic E-state index is -0.240. The third kappa shape index (κ3) is 5.46. The summed E-state index contributed by atoms with van der Waals surface area (Å²) in [6.07, 6.45) is 12.1. The highest BCUT2D eigenvalue weighted by molar-refractivity contribution is 5.94. The third-order valence-electron chi connectivity index (χ3n) is 7.47. The summed E-state index contributed by atoms with van der Waals surface area (Å²) in [5, 5.41) is 3.04. The van der Waals surface area contributed by atoms with E-state index in [2.05, 4.69) is 44.6 Å². The minimum absolute atomic E-state index is 0.0335. The zero-order valence-electron chi connectivity index (χ0n) is 21.3. The maximum atomic E-state index is 13.6. The number of benzene rings is 2. The van der Waals surface area contributed by atoms with E-state index in [1.54, 1.807) is 0 Å². The van der Waals surface area contributed by atoms with Crippen molar-refractivity contribution in [2.45, 2.75) is 31.7 Å². The van der Waals surface area contributed by atoms with Gasteiger partial charge >= 0.3 is 0 Å². The molecule has 192 valence electrons. The quantitative estimate of drug-likeness (QED) is 0.303. The Morgan fingerprint density at radius 2 is 1.76 bits per heavy atom. The topological polar surface area (TPSA) is 61.0 Å². The fourth-order valence-electron chi connectivity index (χ4n) is 5.10. The molecule has 2 aromatic heterocycles. The van der Waals surface area contributed by atoms with Crippen LogP contribution in [0.5, 0.6) is 0 Å². The maximum absolute atomic E-state index is 13.6. The van der Waals surface area contributed by atoms with Crippen LogP contribution in [0, 0.1) is 5.82 Å². The lowest BCUT2D eigenvalue weighted by atomic mass is 9.92. The second-order valence-corrected chi connectivity index (χ2v) is 10.2. The summed E-state index contributed by atoms with van der Waals surface area (Å²) in [4.78, 5) is 22.3. The number of pyridine rings is 1. The van der Waals surface area contributed by atoms with Crippen molar-refractivity contribution in [3.05, 3.63) is 108 Å². The molecule has 0 spiro atoms. The van der Waals surface area contributed by atoms with E-state index in [0.717, 1.165) is 73.3 Å². The van der Waals surface area contributed by atoms with E-state index in [1.807, 2.05) is 48.8 Å². The molecule has 1 saturated carbocycles. The van der Waals surface area contributed by atoms with E-state index in [-0.39, 0.29) is 11.7 Å². The number of rotatable bonds is 8. The van der Waals surface area contributed by atoms with E-state index in [1.165, 1.54) is 28.8 Å². The normalized spacial score (nSPS) is 15.8. The molecule has 6 rings (SSSR count). The molecule has 3 heterocycles. The van der Waals surface area contributed by atoms with Gasteiger partial charge in [0.1, 0.15) is 5.82 Å². The van der Waals surface area contributed by atoms with E-state index >= 15 is 0 Å². The Morgan fingerprint density at radius 1 is 1.00 bits per heavy atom. The number of halogens is 1. The van der Waals surface area contributed by atoms with Gasteiger partial charge in [0.25, 0.3) is 5.91 Å². The molecule has 38 heavy (non-hydrogen) atoms. The summed E-state index contributed by atoms with van der Waals surface area (Å²) >= 11 is 0. The van der Waals surface area contributed by atoms with Crippen LogP contribution in [0.2, 0.25) is 0 Å². The predicted molar refractivity (Wildman–Crippen MR) is 149 cm³/mol. The average Bonchev–Trinajstić information content (AvgIpc) is 3.67. The molecule has 1 aliphatic carbocycles. The Hall–Kier alpha value is -4.03. The van der Waals surface area contributed by atoms with Crippen molar-refractivity contribution in [3.8, 4) is 22.4 Å². The van der Waals surface area contributed by atoms with Gasteiger partial charge in [0.05, 0.1) is 5.69 Å². The fourth-order valence-corrected chi connectivity index (χ4v) is 5.10. The first kappa shape index (κ1) is 24.3. The van der Waals surface area contributed by atoms with E-state index in [9.17, 15) is 9.18 Å². The first-order valence-electron chi connectivity index (χ1n) is 13.3. The Kier molecular flexibility index (Phi) is 6.88. The molecule has 0 bridgehead atoms. The number of amides is 1. The molecule has 4 aromatic rings. The van der Waals surface area contributed by atoms with Gasteiger partial charge < -0.3 is 10.3 Å². The van der Waals surface area contributed by atoms with Crippen molar-refractivity contribution in [1.82, 2.24) is 20.2 Å². The first-order valence-corrected chi connectivity index (χ1v) is 13.3. The van der Waals surface area contributed by atoms with Gasteiger partial charge in [-0.05, 0) is 96.5 Å². The molecular formula is C32H31FN4O. The summed E-state index contributed by atoms with van der Waals surface area (Å²) < 4.78 is 13.6. The maximum Gasteiger partial charge on any atom is 0.251 e. The molecule has 0 radical (unpaired) electrons. The van der Waals surface area contributed by atoms with Crippen molar-refractivity contribution >= 4 is 11.5 Å². The van der Waals surface area contributed by atoms with Crippen LogP contribution in [0.15, 0.2) is 85.3 Å². The summed E-state index contributed by atoms with van der Waals surface area (Å²) in [6.45, 7) is 2.85. The van der Waals surface area contributed by atoms with Gasteiger partial charge in [-0.2, -0.15) is 0 Å². The molecule has 6 heteroatoms. The first-order chi connectivity index (χ1) is 18.6. The van der Waals surface area contributed by atoms with Crippen molar-refractivity contribution < 1.29 is 9.18 Å². The highest BCUT2D eigenvalue weighted by Gasteiger charge is 2.24. The molecule has 5 nitrogen and oxygen atoms in total. The Labute approximate surface area is 222 Å². The molecule has 1 fully saturated rings. The number of carbonyl (C=O) groups is 1. The van der Waals surface area contributed by atoms with Crippen molar-refractivity contribution in [2.75, 3.05) is 19.6 Å². The van der Waals surface area contributed by atoms with Crippen molar-refractivity contribution in [1.29, 1.82) is 0 Å². The molecule has 2 aliphatic rings. The van der Waals surface area contributed by atoms with Gasteiger partial charge in [-0.1, -0.05) is 18.2 Å². The monoisotopic (exact) mass is 506 g/mol. The van der Waals surface area contributed by atoms with Crippen LogP contribution < -0.4 is 5.32 Å². The Balaban J connectivity index is 1.14. The molecule has 0 saturated heterocycles. The van der Waals surface area contributed by atoms with Gasteiger partial charge in [-0.25, -0.2) is 4.39 Å². The van der Waals surface area contributed by atoms with Crippen LogP contribution in [-0.4, -0.2) is 46.5 Å². The number of aromatic nitrogens is 2. The van der Waals surface area contributed by atoms with Gasteiger partial charge in [0.2, 0.25) is 0 Å². The zero-order chi connectivity index (χ0) is 25.9. The van der Waals surface area contributed by atoms with Crippen molar-refractivity contribution in [3.63, 3.8) is 0 Å². The fraction of sp³-hybridized carbons (Fsp3) is 0.250. The van der Waals surface area contributed by atoms with Crippen LogP contribution in [0.3, 0.4) is 0 Å². The summed E-state index contributed by atoms with van der Waals surface area (Å²) in [5.74, 6) is -0.206. The minimum Gasteiger partial charge on any atom is -0.360 e. The molecule has 1 aliphatic heterocycles. The average molecular weight is 507 g/mol. The van der Waals surface area contributed by atoms with Crippen LogP contribution >= 0.6 is 0 Å². The van der Waals surface area contributed by atoms with Crippen molar-refractivity contribution in [2.24, 2.45) is 0 Å². The predicted octanol–water partition coefficient (Wildman–Crippen LogP) is 6.11. The zero-order valence-corrected chi connectivity index (χ0v) is 21.3. The van der Waals surface area contributed by atoms with Crippen LogP contribution in [-0.2, 0) is 6.42 Å². The molecule has 1 amide bonds. The summed E-state index contributed by atoms with van der Waals surface area (Å²) in [5.41, 5.74) is 8.67. The van der Waals surface area contributed by atoms with Crippen LogP contribution in [0.1, 0.15) is 40.7 Å². The van der Waals surface area contributed by atoms with Gasteiger partial charge in [-0.15, -0.1) is 0 Å². The van der Waals surface area contributed by atoms with Crippen LogP contribution in [0.25, 0.3) is 28.0 Å². The lowest BCUT2D eigenvalue weighted by Gasteiger charge is -2.26. The molecule has 0 atom stereocenters. The van der Waals surface area contributed by atoms with Gasteiger partial charge in [0.15, 0.2) is 0 Å². The molecule has 2 aromatic carbocycles. The highest BCUT2D eigenvalue weighted by Crippen LogP contribution is 2.39. The highest BCUT2D eigenvalue weighted by atomic mass is 19.1. The number of hydrogen-bond donors (Lipinski definition) is 2. The van der Waals surface area contributed by atoms with E-state index in [0.29, 0.717) is 6.04 Å². The third-order valence-corrected chi connectivity index (χ3v) is 7.47. The van der Waals surface area contributed by atoms with Gasteiger partial charge in [0, 0.05) is 61.0 Å². The molecule has 0 unspecified atom stereocenters. The summed E-state index contributed by atoms with van der Waals surface area (Å²) in [7, 11) is 0. The molecular weight excluding hydrogens is 475 g/mol. The smallest absolute Gasteiger partial charge is 0.251 e. The second-order valence-electron chi connectivity index (χ2n) is 10.2. The van der Waals surface area contributed by atoms with E-state index in [4.69, 9.17) is 0 Å². The van der Waals surface area contributed by atoms with Crippen LogP contribution in [0.4, 0.5) is 4.39 Å². The number of aromatic amines is 1. The Morgan fingerprint density at radius 3 is 2.45 bits per heavy atom. The number of nitrogens with one attached hydrogen (secondary N) is 2. The number of carbonyl (C=O) groups excluding carboxylic acids is 1. The van der Waals surface area contributed by atoms with Gasteiger partial charge in [-0.3, -0.25) is 14.7 Å². The number of H-pyrrole nitrogens is 1. The van der Waals surface area contributed by atoms with E-state index < -0.39 is 0 Å². The number of nitrogens with zero attached hydrogens (tertiary/aromatic N) is 2.